The van der Waals surface area contributed by atoms with Crippen LogP contribution in [-0.2, 0) is 0 Å². The minimum atomic E-state index is 0.887. The van der Waals surface area contributed by atoms with Gasteiger partial charge in [-0.15, -0.1) is 0 Å². The van der Waals surface area contributed by atoms with Crippen LogP contribution in [0, 0.1) is 0 Å². The number of nitrogens with zero attached hydrogens (tertiary/aromatic N) is 1. The van der Waals surface area contributed by atoms with Crippen LogP contribution in [0.25, 0.3) is 88.6 Å². The summed E-state index contributed by atoms with van der Waals surface area (Å²) in [4.78, 5) is 5.57. The van der Waals surface area contributed by atoms with Gasteiger partial charge in [0.1, 0.15) is 11.2 Å². The van der Waals surface area contributed by atoms with Crippen LogP contribution in [0.4, 0.5) is 0 Å². The van der Waals surface area contributed by atoms with Crippen LogP contribution in [-0.4, -0.2) is 4.98 Å². The van der Waals surface area contributed by atoms with E-state index in [1.165, 1.54) is 33.0 Å². The van der Waals surface area contributed by atoms with Crippen LogP contribution in [0.15, 0.2) is 144 Å². The monoisotopic (exact) mass is 521 g/mol. The zero-order valence-electron chi connectivity index (χ0n) is 22.1. The second-order valence-corrected chi connectivity index (χ2v) is 10.7. The van der Waals surface area contributed by atoms with Crippen molar-refractivity contribution in [2.24, 2.45) is 0 Å². The molecule has 190 valence electrons. The van der Waals surface area contributed by atoms with E-state index >= 15 is 0 Å². The normalized spacial score (nSPS) is 11.9. The Bertz CT molecular complexity index is 2290. The summed E-state index contributed by atoms with van der Waals surface area (Å²) < 4.78 is 6.19. The van der Waals surface area contributed by atoms with Crippen LogP contribution < -0.4 is 0 Å². The lowest BCUT2D eigenvalue weighted by molar-refractivity contribution is 0.669. The average molecular weight is 522 g/mol. The summed E-state index contributed by atoms with van der Waals surface area (Å²) in [7, 11) is 0. The molecule has 2 heterocycles. The smallest absolute Gasteiger partial charge is 0.135 e. The van der Waals surface area contributed by atoms with Crippen LogP contribution >= 0.6 is 0 Å². The molecule has 0 saturated heterocycles. The highest BCUT2D eigenvalue weighted by Crippen LogP contribution is 2.56. The van der Waals surface area contributed by atoms with Gasteiger partial charge >= 0.3 is 0 Å². The third-order valence-electron chi connectivity index (χ3n) is 8.40. The molecule has 8 aromatic rings. The molecule has 9 rings (SSSR count). The Labute approximate surface area is 237 Å². The third-order valence-corrected chi connectivity index (χ3v) is 8.40. The van der Waals surface area contributed by atoms with Gasteiger partial charge < -0.3 is 4.42 Å². The number of furan rings is 1. The minimum absolute atomic E-state index is 0.887. The van der Waals surface area contributed by atoms with Crippen molar-refractivity contribution >= 4 is 32.7 Å². The molecule has 0 N–H and O–H groups in total. The number of benzene rings is 6. The van der Waals surface area contributed by atoms with Crippen LogP contribution in [0.1, 0.15) is 0 Å². The maximum Gasteiger partial charge on any atom is 0.135 e. The number of fused-ring (bicyclic) bond motifs is 6. The van der Waals surface area contributed by atoms with Crippen molar-refractivity contribution in [1.82, 2.24) is 4.98 Å². The molecule has 0 spiro atoms. The molecule has 0 unspecified atom stereocenters. The SMILES string of the molecule is c1ccc(-c2nc(-c3ccc4oc5ccccc5c4c3)c(-c3ccccc3)c3c2-c2cccc4cccc-3c24)cc1. The quantitative estimate of drug-likeness (QED) is 0.231. The lowest BCUT2D eigenvalue weighted by atomic mass is 9.87. The first-order valence-electron chi connectivity index (χ1n) is 14.0. The Morgan fingerprint density at radius 1 is 0.415 bits per heavy atom. The van der Waals surface area contributed by atoms with Crippen molar-refractivity contribution in [1.29, 1.82) is 0 Å². The molecule has 1 aliphatic rings. The molecule has 2 heteroatoms. The molecule has 1 aliphatic carbocycles. The van der Waals surface area contributed by atoms with Gasteiger partial charge in [0.05, 0.1) is 11.4 Å². The van der Waals surface area contributed by atoms with Gasteiger partial charge in [-0.05, 0) is 51.7 Å². The second kappa shape index (κ2) is 8.51. The fourth-order valence-electron chi connectivity index (χ4n) is 6.65. The van der Waals surface area contributed by atoms with E-state index in [1.54, 1.807) is 0 Å². The summed E-state index contributed by atoms with van der Waals surface area (Å²) in [6, 6.07) is 49.4. The fourth-order valence-corrected chi connectivity index (χ4v) is 6.65. The number of para-hydroxylation sites is 1. The Morgan fingerprint density at radius 3 is 1.83 bits per heavy atom. The average Bonchev–Trinajstić information content (AvgIpc) is 3.58. The highest BCUT2D eigenvalue weighted by atomic mass is 16.3. The first-order chi connectivity index (χ1) is 20.3. The Balaban J connectivity index is 1.46. The lowest BCUT2D eigenvalue weighted by Crippen LogP contribution is -1.98. The zero-order valence-corrected chi connectivity index (χ0v) is 22.1. The standard InChI is InChI=1S/C39H23NO/c1-3-11-25(12-4-1)35-36-29-18-9-15-24-16-10-19-30(34(24)29)37(36)38(26-13-5-2-6-14-26)40-39(35)27-21-22-33-31(23-27)28-17-7-8-20-32(28)41-33/h1-23H. The Kier molecular flexibility index (Phi) is 4.64. The molecule has 0 amide bonds. The zero-order chi connectivity index (χ0) is 26.9. The topological polar surface area (TPSA) is 26.0 Å². The Morgan fingerprint density at radius 2 is 1.05 bits per heavy atom. The molecule has 0 aliphatic heterocycles. The van der Waals surface area contributed by atoms with Gasteiger partial charge in [0.2, 0.25) is 0 Å². The van der Waals surface area contributed by atoms with E-state index in [0.29, 0.717) is 0 Å². The van der Waals surface area contributed by atoms with E-state index in [9.17, 15) is 0 Å². The molecule has 2 nitrogen and oxygen atoms in total. The van der Waals surface area contributed by atoms with Crippen molar-refractivity contribution in [3.8, 4) is 55.9 Å². The number of aromatic nitrogens is 1. The van der Waals surface area contributed by atoms with Gasteiger partial charge in [0.15, 0.2) is 0 Å². The van der Waals surface area contributed by atoms with Gasteiger partial charge in [-0.25, -0.2) is 4.98 Å². The largest absolute Gasteiger partial charge is 0.456 e. The molecule has 0 fully saturated rings. The van der Waals surface area contributed by atoms with Gasteiger partial charge in [0.25, 0.3) is 0 Å². The highest BCUT2D eigenvalue weighted by molar-refractivity contribution is 6.22. The molecular weight excluding hydrogens is 498 g/mol. The first-order valence-corrected chi connectivity index (χ1v) is 14.0. The molecule has 0 bridgehead atoms. The van der Waals surface area contributed by atoms with Crippen molar-refractivity contribution in [3.63, 3.8) is 0 Å². The number of pyridine rings is 1. The Hall–Kier alpha value is -5.47. The number of rotatable bonds is 3. The highest BCUT2D eigenvalue weighted by Gasteiger charge is 2.31. The van der Waals surface area contributed by atoms with E-state index in [2.05, 4.69) is 127 Å². The van der Waals surface area contributed by atoms with Crippen LogP contribution in [0.5, 0.6) is 0 Å². The van der Waals surface area contributed by atoms with E-state index < -0.39 is 0 Å². The minimum Gasteiger partial charge on any atom is -0.456 e. The maximum absolute atomic E-state index is 6.19. The first kappa shape index (κ1) is 22.4. The van der Waals surface area contributed by atoms with Gasteiger partial charge in [-0.1, -0.05) is 115 Å². The molecule has 0 atom stereocenters. The third kappa shape index (κ3) is 3.22. The number of hydrogen-bond donors (Lipinski definition) is 0. The summed E-state index contributed by atoms with van der Waals surface area (Å²) in [6.45, 7) is 0. The summed E-state index contributed by atoms with van der Waals surface area (Å²) in [5, 5.41) is 4.77. The summed E-state index contributed by atoms with van der Waals surface area (Å²) in [6.07, 6.45) is 0. The summed E-state index contributed by atoms with van der Waals surface area (Å²) in [5.41, 5.74) is 13.3. The van der Waals surface area contributed by atoms with Gasteiger partial charge in [0, 0.05) is 38.6 Å². The molecule has 0 saturated carbocycles. The lowest BCUT2D eigenvalue weighted by Gasteiger charge is -2.19. The molecular formula is C39H23NO. The molecule has 0 radical (unpaired) electrons. The van der Waals surface area contributed by atoms with E-state index in [0.717, 1.165) is 55.6 Å². The van der Waals surface area contributed by atoms with E-state index in [1.807, 2.05) is 12.1 Å². The fraction of sp³-hybridized carbons (Fsp3) is 0. The van der Waals surface area contributed by atoms with E-state index in [4.69, 9.17) is 9.40 Å². The van der Waals surface area contributed by atoms with Gasteiger partial charge in [-0.3, -0.25) is 0 Å². The summed E-state index contributed by atoms with van der Waals surface area (Å²) >= 11 is 0. The predicted octanol–water partition coefficient (Wildman–Crippen LogP) is 10.8. The predicted molar refractivity (Wildman–Crippen MR) is 170 cm³/mol. The molecule has 6 aromatic carbocycles. The number of hydrogen-bond acceptors (Lipinski definition) is 2. The summed E-state index contributed by atoms with van der Waals surface area (Å²) in [5.74, 6) is 0. The molecule has 41 heavy (non-hydrogen) atoms. The van der Waals surface area contributed by atoms with Crippen LogP contribution in [0.2, 0.25) is 0 Å². The second-order valence-electron chi connectivity index (χ2n) is 10.7. The van der Waals surface area contributed by atoms with Crippen molar-refractivity contribution in [2.75, 3.05) is 0 Å². The van der Waals surface area contributed by atoms with Crippen molar-refractivity contribution in [3.05, 3.63) is 140 Å². The van der Waals surface area contributed by atoms with Crippen LogP contribution in [0.3, 0.4) is 0 Å². The van der Waals surface area contributed by atoms with E-state index in [-0.39, 0.29) is 0 Å². The van der Waals surface area contributed by atoms with Gasteiger partial charge in [-0.2, -0.15) is 0 Å². The maximum atomic E-state index is 6.19. The van der Waals surface area contributed by atoms with Crippen molar-refractivity contribution < 1.29 is 4.42 Å². The molecule has 2 aromatic heterocycles. The van der Waals surface area contributed by atoms with Crippen molar-refractivity contribution in [2.45, 2.75) is 0 Å².